The van der Waals surface area contributed by atoms with Crippen LogP contribution < -0.4 is 5.32 Å². The maximum absolute atomic E-state index is 5.83. The number of benzene rings is 1. The number of aryl methyl sites for hydroxylation is 1. The number of rotatable bonds is 4. The second-order valence-corrected chi connectivity index (χ2v) is 6.34. The summed E-state index contributed by atoms with van der Waals surface area (Å²) in [6.45, 7) is 10.4. The van der Waals surface area contributed by atoms with Gasteiger partial charge in [0.25, 0.3) is 0 Å². The highest BCUT2D eigenvalue weighted by molar-refractivity contribution is 9.10. The topological polar surface area (TPSA) is 24.5 Å². The third-order valence-corrected chi connectivity index (χ3v) is 4.10. The van der Waals surface area contributed by atoms with Gasteiger partial charge >= 0.3 is 0 Å². The lowest BCUT2D eigenvalue weighted by Gasteiger charge is -2.35. The van der Waals surface area contributed by atoms with E-state index in [1.165, 1.54) is 11.3 Å². The molecule has 1 N–H and O–H groups in total. The molecule has 1 aromatic carbocycles. The van der Waals surface area contributed by atoms with Crippen LogP contribution in [0.2, 0.25) is 0 Å². The number of nitrogens with one attached hydrogen (secondary N) is 1. The molecule has 4 heteroatoms. The number of anilines is 1. The molecule has 1 aliphatic heterocycles. The minimum atomic E-state index is 0.277. The third-order valence-electron chi connectivity index (χ3n) is 3.61. The summed E-state index contributed by atoms with van der Waals surface area (Å²) in [5.41, 5.74) is 2.44. The van der Waals surface area contributed by atoms with Gasteiger partial charge in [-0.15, -0.1) is 0 Å². The molecule has 1 aliphatic rings. The van der Waals surface area contributed by atoms with Crippen molar-refractivity contribution in [1.82, 2.24) is 4.90 Å². The van der Waals surface area contributed by atoms with Crippen molar-refractivity contribution < 1.29 is 4.74 Å². The molecule has 0 amide bonds. The molecule has 0 aromatic heterocycles. The first kappa shape index (κ1) is 14.8. The third kappa shape index (κ3) is 4.20. The van der Waals surface area contributed by atoms with Crippen LogP contribution in [-0.2, 0) is 4.74 Å². The molecule has 1 saturated heterocycles. The van der Waals surface area contributed by atoms with Gasteiger partial charge in [-0.2, -0.15) is 0 Å². The van der Waals surface area contributed by atoms with Crippen molar-refractivity contribution in [3.63, 3.8) is 0 Å². The van der Waals surface area contributed by atoms with Gasteiger partial charge in [0.1, 0.15) is 0 Å². The molecule has 3 nitrogen and oxygen atoms in total. The molecule has 1 unspecified atom stereocenters. The summed E-state index contributed by atoms with van der Waals surface area (Å²) < 4.78 is 6.95. The van der Waals surface area contributed by atoms with Crippen LogP contribution in [0.4, 0.5) is 5.69 Å². The van der Waals surface area contributed by atoms with E-state index in [1.54, 1.807) is 0 Å². The molecular formula is C15H23BrN2O. The largest absolute Gasteiger partial charge is 0.382 e. The fraction of sp³-hybridized carbons (Fsp3) is 0.600. The van der Waals surface area contributed by atoms with Crippen molar-refractivity contribution in [3.05, 3.63) is 28.2 Å². The van der Waals surface area contributed by atoms with E-state index >= 15 is 0 Å². The van der Waals surface area contributed by atoms with E-state index in [0.717, 1.165) is 30.7 Å². The Hall–Kier alpha value is -0.580. The summed E-state index contributed by atoms with van der Waals surface area (Å²) in [7, 11) is 0. The van der Waals surface area contributed by atoms with Crippen LogP contribution in [0.15, 0.2) is 22.7 Å². The lowest BCUT2D eigenvalue weighted by Crippen LogP contribution is -2.48. The molecular weight excluding hydrogens is 304 g/mol. The Morgan fingerprint density at radius 2 is 2.26 bits per heavy atom. The molecule has 0 aliphatic carbocycles. The van der Waals surface area contributed by atoms with Crippen molar-refractivity contribution in [2.45, 2.75) is 32.9 Å². The zero-order valence-corrected chi connectivity index (χ0v) is 13.5. The van der Waals surface area contributed by atoms with Gasteiger partial charge in [0.05, 0.1) is 12.7 Å². The molecule has 106 valence electrons. The van der Waals surface area contributed by atoms with E-state index in [4.69, 9.17) is 4.74 Å². The van der Waals surface area contributed by atoms with E-state index in [-0.39, 0.29) is 6.10 Å². The Morgan fingerprint density at radius 1 is 1.47 bits per heavy atom. The number of nitrogens with zero attached hydrogens (tertiary/aromatic N) is 1. The molecule has 1 atom stereocenters. The summed E-state index contributed by atoms with van der Waals surface area (Å²) in [5.74, 6) is 0. The zero-order valence-electron chi connectivity index (χ0n) is 11.9. The number of hydrogen-bond donors (Lipinski definition) is 1. The fourth-order valence-electron chi connectivity index (χ4n) is 2.38. The first-order valence-corrected chi connectivity index (χ1v) is 7.71. The summed E-state index contributed by atoms with van der Waals surface area (Å²) >= 11 is 3.49. The predicted molar refractivity (Wildman–Crippen MR) is 83.8 cm³/mol. The highest BCUT2D eigenvalue weighted by atomic mass is 79.9. The van der Waals surface area contributed by atoms with Crippen LogP contribution in [0.5, 0.6) is 0 Å². The van der Waals surface area contributed by atoms with Crippen LogP contribution in [0.1, 0.15) is 19.4 Å². The van der Waals surface area contributed by atoms with E-state index < -0.39 is 0 Å². The minimum absolute atomic E-state index is 0.277. The molecule has 1 heterocycles. The molecule has 2 rings (SSSR count). The SMILES string of the molecule is Cc1cc(Br)ccc1NCC1CN(C(C)C)CCO1. The van der Waals surface area contributed by atoms with Crippen molar-refractivity contribution in [3.8, 4) is 0 Å². The van der Waals surface area contributed by atoms with Gasteiger partial charge in [-0.1, -0.05) is 15.9 Å². The van der Waals surface area contributed by atoms with E-state index in [2.05, 4.69) is 65.1 Å². The van der Waals surface area contributed by atoms with Gasteiger partial charge in [0.15, 0.2) is 0 Å². The average Bonchev–Trinajstić information content (AvgIpc) is 2.38. The van der Waals surface area contributed by atoms with Crippen LogP contribution >= 0.6 is 15.9 Å². The predicted octanol–water partition coefficient (Wildman–Crippen LogP) is 3.28. The van der Waals surface area contributed by atoms with E-state index in [9.17, 15) is 0 Å². The lowest BCUT2D eigenvalue weighted by molar-refractivity contribution is -0.0315. The Labute approximate surface area is 124 Å². The highest BCUT2D eigenvalue weighted by Crippen LogP contribution is 2.20. The minimum Gasteiger partial charge on any atom is -0.382 e. The Kier molecular flexibility index (Phi) is 5.25. The van der Waals surface area contributed by atoms with Gasteiger partial charge in [-0.25, -0.2) is 0 Å². The van der Waals surface area contributed by atoms with Crippen molar-refractivity contribution in [2.75, 3.05) is 31.6 Å². The number of halogens is 1. The quantitative estimate of drug-likeness (QED) is 0.918. The van der Waals surface area contributed by atoms with Gasteiger partial charge in [0, 0.05) is 35.8 Å². The monoisotopic (exact) mass is 326 g/mol. The summed E-state index contributed by atoms with van der Waals surface area (Å²) in [6, 6.07) is 6.91. The molecule has 0 saturated carbocycles. The second-order valence-electron chi connectivity index (χ2n) is 5.42. The standard InChI is InChI=1S/C15H23BrN2O/c1-11(2)18-6-7-19-14(10-18)9-17-15-5-4-13(16)8-12(15)3/h4-5,8,11,14,17H,6-7,9-10H2,1-3H3. The summed E-state index contributed by atoms with van der Waals surface area (Å²) in [5, 5.41) is 3.50. The van der Waals surface area contributed by atoms with Crippen LogP contribution in [0.3, 0.4) is 0 Å². The van der Waals surface area contributed by atoms with Crippen molar-refractivity contribution in [1.29, 1.82) is 0 Å². The average molecular weight is 327 g/mol. The fourth-order valence-corrected chi connectivity index (χ4v) is 2.86. The van der Waals surface area contributed by atoms with Crippen LogP contribution in [0, 0.1) is 6.92 Å². The van der Waals surface area contributed by atoms with E-state index in [0.29, 0.717) is 6.04 Å². The van der Waals surface area contributed by atoms with Crippen LogP contribution in [-0.4, -0.2) is 43.3 Å². The van der Waals surface area contributed by atoms with Gasteiger partial charge in [0.2, 0.25) is 0 Å². The number of hydrogen-bond acceptors (Lipinski definition) is 3. The van der Waals surface area contributed by atoms with Gasteiger partial charge in [-0.3, -0.25) is 4.90 Å². The Morgan fingerprint density at radius 3 is 2.95 bits per heavy atom. The molecule has 0 radical (unpaired) electrons. The van der Waals surface area contributed by atoms with Gasteiger partial charge in [-0.05, 0) is 44.5 Å². The number of ether oxygens (including phenoxy) is 1. The molecule has 1 fully saturated rings. The first-order valence-electron chi connectivity index (χ1n) is 6.92. The van der Waals surface area contributed by atoms with Crippen LogP contribution in [0.25, 0.3) is 0 Å². The Balaban J connectivity index is 1.88. The molecule has 19 heavy (non-hydrogen) atoms. The smallest absolute Gasteiger partial charge is 0.0874 e. The molecule has 0 bridgehead atoms. The summed E-state index contributed by atoms with van der Waals surface area (Å²) in [4.78, 5) is 2.48. The number of morpholine rings is 1. The lowest BCUT2D eigenvalue weighted by atomic mass is 10.2. The van der Waals surface area contributed by atoms with Gasteiger partial charge < -0.3 is 10.1 Å². The van der Waals surface area contributed by atoms with Crippen molar-refractivity contribution in [2.24, 2.45) is 0 Å². The zero-order chi connectivity index (χ0) is 13.8. The van der Waals surface area contributed by atoms with Crippen molar-refractivity contribution >= 4 is 21.6 Å². The maximum atomic E-state index is 5.83. The maximum Gasteiger partial charge on any atom is 0.0874 e. The highest BCUT2D eigenvalue weighted by Gasteiger charge is 2.21. The normalized spacial score (nSPS) is 20.8. The summed E-state index contributed by atoms with van der Waals surface area (Å²) in [6.07, 6.45) is 0.277. The Bertz CT molecular complexity index is 423. The molecule has 1 aromatic rings. The molecule has 0 spiro atoms. The second kappa shape index (κ2) is 6.73. The first-order chi connectivity index (χ1) is 9.06. The van der Waals surface area contributed by atoms with E-state index in [1.807, 2.05) is 0 Å².